The normalized spacial score (nSPS) is 12.1. The number of phenols is 1. The molecule has 1 N–H and O–H groups in total. The van der Waals surface area contributed by atoms with Gasteiger partial charge in [0.25, 0.3) is 0 Å². The van der Waals surface area contributed by atoms with Gasteiger partial charge in [0, 0.05) is 17.5 Å². The highest BCUT2D eigenvalue weighted by Crippen LogP contribution is 2.35. The van der Waals surface area contributed by atoms with Crippen LogP contribution in [-0.2, 0) is 0 Å². The number of hydrogen-bond acceptors (Lipinski definition) is 3. The van der Waals surface area contributed by atoms with E-state index in [-0.39, 0.29) is 11.7 Å². The van der Waals surface area contributed by atoms with Crippen molar-refractivity contribution in [2.75, 3.05) is 14.2 Å². The molecule has 3 aromatic carbocycles. The van der Waals surface area contributed by atoms with Gasteiger partial charge < -0.3 is 14.6 Å². The first-order valence-electron chi connectivity index (χ1n) is 8.45. The summed E-state index contributed by atoms with van der Waals surface area (Å²) in [5.74, 6) is 1.56. The Labute approximate surface area is 154 Å². The summed E-state index contributed by atoms with van der Waals surface area (Å²) in [6.45, 7) is 0. The molecule has 1 atom stereocenters. The lowest BCUT2D eigenvalue weighted by atomic mass is 9.89. The van der Waals surface area contributed by atoms with Gasteiger partial charge in [0.15, 0.2) is 0 Å². The summed E-state index contributed by atoms with van der Waals surface area (Å²) in [6.07, 6.45) is 4.16. The third-order valence-corrected chi connectivity index (χ3v) is 4.33. The molecule has 26 heavy (non-hydrogen) atoms. The molecule has 3 aromatic rings. The van der Waals surface area contributed by atoms with Gasteiger partial charge in [-0.1, -0.05) is 60.7 Å². The summed E-state index contributed by atoms with van der Waals surface area (Å²) in [7, 11) is 3.24. The molecule has 0 radical (unpaired) electrons. The zero-order valence-electron chi connectivity index (χ0n) is 14.9. The molecule has 0 heterocycles. The van der Waals surface area contributed by atoms with E-state index < -0.39 is 0 Å². The van der Waals surface area contributed by atoms with Crippen LogP contribution in [0, 0.1) is 0 Å². The number of phenolic OH excluding ortho intramolecular Hbond substituents is 1. The van der Waals surface area contributed by atoms with E-state index >= 15 is 0 Å². The Bertz CT molecular complexity index is 868. The van der Waals surface area contributed by atoms with Crippen LogP contribution in [0.25, 0.3) is 6.08 Å². The number of ether oxygens (including phenoxy) is 2. The second-order valence-corrected chi connectivity index (χ2v) is 5.95. The van der Waals surface area contributed by atoms with Gasteiger partial charge in [-0.15, -0.1) is 0 Å². The number of aromatic hydroxyl groups is 1. The van der Waals surface area contributed by atoms with Gasteiger partial charge in [-0.05, 0) is 29.3 Å². The molecule has 0 aliphatic rings. The fourth-order valence-electron chi connectivity index (χ4n) is 2.89. The van der Waals surface area contributed by atoms with Crippen LogP contribution >= 0.6 is 0 Å². The summed E-state index contributed by atoms with van der Waals surface area (Å²) in [6, 6.07) is 23.4. The second kappa shape index (κ2) is 8.26. The van der Waals surface area contributed by atoms with Gasteiger partial charge in [0.2, 0.25) is 0 Å². The van der Waals surface area contributed by atoms with Crippen molar-refractivity contribution in [3.8, 4) is 17.2 Å². The highest BCUT2D eigenvalue weighted by molar-refractivity contribution is 5.55. The molecule has 0 aromatic heterocycles. The first-order valence-corrected chi connectivity index (χ1v) is 8.45. The summed E-state index contributed by atoms with van der Waals surface area (Å²) < 4.78 is 10.5. The van der Waals surface area contributed by atoms with E-state index in [0.29, 0.717) is 5.75 Å². The first kappa shape index (κ1) is 17.6. The van der Waals surface area contributed by atoms with Crippen LogP contribution in [0.3, 0.4) is 0 Å². The summed E-state index contributed by atoms with van der Waals surface area (Å²) in [4.78, 5) is 0. The van der Waals surface area contributed by atoms with E-state index in [2.05, 4.69) is 24.3 Å². The Morgan fingerprint density at radius 3 is 2.08 bits per heavy atom. The summed E-state index contributed by atoms with van der Waals surface area (Å²) >= 11 is 0. The minimum Gasteiger partial charge on any atom is -0.507 e. The third kappa shape index (κ3) is 4.06. The molecule has 3 heteroatoms. The Morgan fingerprint density at radius 1 is 0.808 bits per heavy atom. The molecular formula is C23H22O3. The largest absolute Gasteiger partial charge is 0.507 e. The molecule has 0 unspecified atom stereocenters. The standard InChI is InChI=1S/C23H22O3/c1-25-19-11-9-18(10-12-19)21(14-8-17-6-4-3-5-7-17)22-15-13-20(26-2)16-23(22)24/h3-16,21,24H,1-2H3/b14-8+/t21-/m0/s1. The van der Waals surface area contributed by atoms with Gasteiger partial charge in [-0.2, -0.15) is 0 Å². The molecular weight excluding hydrogens is 324 g/mol. The van der Waals surface area contributed by atoms with Crippen LogP contribution in [0.5, 0.6) is 17.2 Å². The quantitative estimate of drug-likeness (QED) is 0.662. The zero-order chi connectivity index (χ0) is 18.4. The van der Waals surface area contributed by atoms with Crippen molar-refractivity contribution >= 4 is 6.08 Å². The molecule has 0 spiro atoms. The van der Waals surface area contributed by atoms with E-state index in [1.165, 1.54) is 0 Å². The molecule has 132 valence electrons. The smallest absolute Gasteiger partial charge is 0.123 e. The lowest BCUT2D eigenvalue weighted by molar-refractivity contribution is 0.406. The van der Waals surface area contributed by atoms with Gasteiger partial charge >= 0.3 is 0 Å². The Morgan fingerprint density at radius 2 is 1.46 bits per heavy atom. The third-order valence-electron chi connectivity index (χ3n) is 4.33. The maximum Gasteiger partial charge on any atom is 0.123 e. The monoisotopic (exact) mass is 346 g/mol. The van der Waals surface area contributed by atoms with Gasteiger partial charge in [-0.25, -0.2) is 0 Å². The van der Waals surface area contributed by atoms with E-state index in [9.17, 15) is 5.11 Å². The van der Waals surface area contributed by atoms with E-state index in [1.807, 2.05) is 54.6 Å². The van der Waals surface area contributed by atoms with Crippen molar-refractivity contribution in [3.05, 3.63) is 95.6 Å². The van der Waals surface area contributed by atoms with Crippen LogP contribution < -0.4 is 9.47 Å². The minimum absolute atomic E-state index is 0.0907. The SMILES string of the molecule is COc1ccc([C@H](/C=C/c2ccccc2)c2ccc(OC)cc2O)cc1. The Kier molecular flexibility index (Phi) is 5.59. The van der Waals surface area contributed by atoms with Gasteiger partial charge in [-0.3, -0.25) is 0 Å². The molecule has 0 saturated carbocycles. The van der Waals surface area contributed by atoms with Crippen LogP contribution in [0.15, 0.2) is 78.9 Å². The predicted molar refractivity (Wildman–Crippen MR) is 105 cm³/mol. The number of benzene rings is 3. The second-order valence-electron chi connectivity index (χ2n) is 5.95. The number of rotatable bonds is 6. The highest BCUT2D eigenvalue weighted by Gasteiger charge is 2.16. The average Bonchev–Trinajstić information content (AvgIpc) is 2.70. The molecule has 0 amide bonds. The van der Waals surface area contributed by atoms with Crippen molar-refractivity contribution in [2.24, 2.45) is 0 Å². The number of hydrogen-bond donors (Lipinski definition) is 1. The van der Waals surface area contributed by atoms with Crippen molar-refractivity contribution in [2.45, 2.75) is 5.92 Å². The molecule has 3 rings (SSSR count). The zero-order valence-corrected chi connectivity index (χ0v) is 14.9. The molecule has 3 nitrogen and oxygen atoms in total. The predicted octanol–water partition coefficient (Wildman–Crippen LogP) is 5.25. The summed E-state index contributed by atoms with van der Waals surface area (Å²) in [5.41, 5.74) is 3.00. The van der Waals surface area contributed by atoms with Crippen molar-refractivity contribution in [1.29, 1.82) is 0 Å². The van der Waals surface area contributed by atoms with Crippen LogP contribution in [0.2, 0.25) is 0 Å². The van der Waals surface area contributed by atoms with E-state index in [1.54, 1.807) is 20.3 Å². The van der Waals surface area contributed by atoms with E-state index in [4.69, 9.17) is 9.47 Å². The van der Waals surface area contributed by atoms with Crippen LogP contribution in [0.4, 0.5) is 0 Å². The summed E-state index contributed by atoms with van der Waals surface area (Å²) in [5, 5.41) is 10.5. The van der Waals surface area contributed by atoms with Crippen LogP contribution in [0.1, 0.15) is 22.6 Å². The minimum atomic E-state index is -0.0907. The topological polar surface area (TPSA) is 38.7 Å². The maximum atomic E-state index is 10.5. The molecule has 0 saturated heterocycles. The molecule has 0 aliphatic heterocycles. The molecule has 0 aliphatic carbocycles. The lowest BCUT2D eigenvalue weighted by Crippen LogP contribution is -1.99. The molecule has 0 bridgehead atoms. The fraction of sp³-hybridized carbons (Fsp3) is 0.130. The number of methoxy groups -OCH3 is 2. The average molecular weight is 346 g/mol. The molecule has 0 fully saturated rings. The van der Waals surface area contributed by atoms with Crippen molar-refractivity contribution in [3.63, 3.8) is 0 Å². The lowest BCUT2D eigenvalue weighted by Gasteiger charge is -2.17. The number of allylic oxidation sites excluding steroid dienone is 1. The van der Waals surface area contributed by atoms with Crippen LogP contribution in [-0.4, -0.2) is 19.3 Å². The Balaban J connectivity index is 2.01. The highest BCUT2D eigenvalue weighted by atomic mass is 16.5. The Hall–Kier alpha value is -3.20. The maximum absolute atomic E-state index is 10.5. The van der Waals surface area contributed by atoms with Crippen molar-refractivity contribution in [1.82, 2.24) is 0 Å². The van der Waals surface area contributed by atoms with E-state index in [0.717, 1.165) is 22.4 Å². The van der Waals surface area contributed by atoms with Gasteiger partial charge in [0.05, 0.1) is 14.2 Å². The first-order chi connectivity index (χ1) is 12.7. The fourth-order valence-corrected chi connectivity index (χ4v) is 2.89. The van der Waals surface area contributed by atoms with Gasteiger partial charge in [0.1, 0.15) is 17.2 Å². The van der Waals surface area contributed by atoms with Crippen molar-refractivity contribution < 1.29 is 14.6 Å².